The van der Waals surface area contributed by atoms with Crippen LogP contribution in [0.4, 0.5) is 5.69 Å². The molecule has 2 aromatic heterocycles. The van der Waals surface area contributed by atoms with E-state index in [1.807, 2.05) is 6.92 Å². The molecule has 2 heterocycles. The van der Waals surface area contributed by atoms with Crippen LogP contribution in [0.1, 0.15) is 33.5 Å². The first-order valence-electron chi connectivity index (χ1n) is 8.12. The van der Waals surface area contributed by atoms with Crippen LogP contribution >= 0.6 is 0 Å². The fraction of sp³-hybridized carbons (Fsp3) is 0.222. The first-order valence-corrected chi connectivity index (χ1v) is 8.12. The van der Waals surface area contributed by atoms with Crippen molar-refractivity contribution in [1.29, 1.82) is 0 Å². The van der Waals surface area contributed by atoms with Gasteiger partial charge in [0.2, 0.25) is 0 Å². The number of carbonyl (C=O) groups is 2. The standard InChI is InChI=1S/C18H19N5O3/c1-4-26-18(25)16-9-10-23(21-16)14-7-5-13(6-8-14)20-17(24)15-11-19-22(3)12(15)2/h5-11H,4H2,1-3H3,(H,20,24). The summed E-state index contributed by atoms with van der Waals surface area (Å²) in [7, 11) is 1.79. The van der Waals surface area contributed by atoms with E-state index in [1.54, 1.807) is 66.1 Å². The maximum atomic E-state index is 12.3. The maximum Gasteiger partial charge on any atom is 0.358 e. The zero-order chi connectivity index (χ0) is 18.7. The highest BCUT2D eigenvalue weighted by Crippen LogP contribution is 2.15. The van der Waals surface area contributed by atoms with E-state index in [0.717, 1.165) is 11.4 Å². The number of aromatic nitrogens is 4. The zero-order valence-electron chi connectivity index (χ0n) is 14.8. The first kappa shape index (κ1) is 17.4. The van der Waals surface area contributed by atoms with Crippen molar-refractivity contribution >= 4 is 17.6 Å². The summed E-state index contributed by atoms with van der Waals surface area (Å²) in [6, 6.07) is 8.73. The predicted molar refractivity (Wildman–Crippen MR) is 95.4 cm³/mol. The molecule has 8 nitrogen and oxygen atoms in total. The van der Waals surface area contributed by atoms with Crippen LogP contribution in [0, 0.1) is 6.92 Å². The lowest BCUT2D eigenvalue weighted by atomic mass is 10.2. The Bertz CT molecular complexity index is 940. The Morgan fingerprint density at radius 2 is 1.92 bits per heavy atom. The molecule has 26 heavy (non-hydrogen) atoms. The molecule has 0 aliphatic carbocycles. The second-order valence-corrected chi connectivity index (χ2v) is 5.63. The van der Waals surface area contributed by atoms with Gasteiger partial charge in [-0.25, -0.2) is 9.48 Å². The molecule has 134 valence electrons. The van der Waals surface area contributed by atoms with E-state index in [1.165, 1.54) is 0 Å². The van der Waals surface area contributed by atoms with Crippen molar-refractivity contribution in [2.24, 2.45) is 7.05 Å². The van der Waals surface area contributed by atoms with Gasteiger partial charge in [-0.2, -0.15) is 10.2 Å². The molecule has 1 amide bonds. The number of nitrogens with one attached hydrogen (secondary N) is 1. The van der Waals surface area contributed by atoms with E-state index < -0.39 is 5.97 Å². The van der Waals surface area contributed by atoms with Gasteiger partial charge in [0.05, 0.1) is 24.1 Å². The molecule has 0 saturated heterocycles. The quantitative estimate of drug-likeness (QED) is 0.711. The molecule has 0 aliphatic rings. The summed E-state index contributed by atoms with van der Waals surface area (Å²) in [6.45, 7) is 3.88. The summed E-state index contributed by atoms with van der Waals surface area (Å²) in [5.74, 6) is -0.672. The Labute approximate surface area is 150 Å². The minimum atomic E-state index is -0.457. The van der Waals surface area contributed by atoms with Crippen LogP contribution in [-0.2, 0) is 11.8 Å². The lowest BCUT2D eigenvalue weighted by Gasteiger charge is -2.07. The summed E-state index contributed by atoms with van der Waals surface area (Å²) in [4.78, 5) is 24.0. The van der Waals surface area contributed by atoms with Crippen molar-refractivity contribution in [3.05, 3.63) is 59.7 Å². The van der Waals surface area contributed by atoms with E-state index in [-0.39, 0.29) is 11.6 Å². The summed E-state index contributed by atoms with van der Waals surface area (Å²) < 4.78 is 8.15. The number of rotatable bonds is 5. The van der Waals surface area contributed by atoms with Gasteiger partial charge in [-0.15, -0.1) is 0 Å². The number of nitrogens with zero attached hydrogens (tertiary/aromatic N) is 4. The van der Waals surface area contributed by atoms with Crippen molar-refractivity contribution in [3.63, 3.8) is 0 Å². The lowest BCUT2D eigenvalue weighted by Crippen LogP contribution is -2.13. The SMILES string of the molecule is CCOC(=O)c1ccn(-c2ccc(NC(=O)c3cnn(C)c3C)cc2)n1. The molecule has 0 bridgehead atoms. The van der Waals surface area contributed by atoms with Gasteiger partial charge in [0.15, 0.2) is 5.69 Å². The molecule has 0 saturated carbocycles. The molecular formula is C18H19N5O3. The van der Waals surface area contributed by atoms with Crippen molar-refractivity contribution in [3.8, 4) is 5.69 Å². The van der Waals surface area contributed by atoms with Crippen LogP contribution in [0.5, 0.6) is 0 Å². The van der Waals surface area contributed by atoms with E-state index in [0.29, 0.717) is 17.9 Å². The topological polar surface area (TPSA) is 91.0 Å². The normalized spacial score (nSPS) is 10.6. The van der Waals surface area contributed by atoms with Gasteiger partial charge in [-0.3, -0.25) is 9.48 Å². The molecule has 0 spiro atoms. The van der Waals surface area contributed by atoms with Crippen LogP contribution in [0.2, 0.25) is 0 Å². The molecule has 8 heteroatoms. The van der Waals surface area contributed by atoms with Crippen LogP contribution in [-0.4, -0.2) is 38.0 Å². The third kappa shape index (κ3) is 3.49. The number of carbonyl (C=O) groups excluding carboxylic acids is 2. The number of benzene rings is 1. The van der Waals surface area contributed by atoms with Crippen LogP contribution in [0.3, 0.4) is 0 Å². The van der Waals surface area contributed by atoms with E-state index >= 15 is 0 Å². The van der Waals surface area contributed by atoms with Gasteiger partial charge >= 0.3 is 5.97 Å². The number of ether oxygens (including phenoxy) is 1. The second kappa shape index (κ2) is 7.22. The minimum Gasteiger partial charge on any atom is -0.461 e. The van der Waals surface area contributed by atoms with E-state index in [9.17, 15) is 9.59 Å². The van der Waals surface area contributed by atoms with Gasteiger partial charge in [-0.1, -0.05) is 0 Å². The van der Waals surface area contributed by atoms with Gasteiger partial charge in [0, 0.05) is 24.6 Å². The van der Waals surface area contributed by atoms with Crippen molar-refractivity contribution in [2.75, 3.05) is 11.9 Å². The fourth-order valence-corrected chi connectivity index (χ4v) is 2.40. The second-order valence-electron chi connectivity index (χ2n) is 5.63. The van der Waals surface area contributed by atoms with Gasteiger partial charge in [0.1, 0.15) is 0 Å². The molecule has 3 rings (SSSR count). The lowest BCUT2D eigenvalue weighted by molar-refractivity contribution is 0.0519. The molecule has 0 atom stereocenters. The number of anilines is 1. The highest BCUT2D eigenvalue weighted by molar-refractivity contribution is 6.04. The minimum absolute atomic E-state index is 0.216. The first-order chi connectivity index (χ1) is 12.5. The molecule has 0 unspecified atom stereocenters. The summed E-state index contributed by atoms with van der Waals surface area (Å²) >= 11 is 0. The number of aryl methyl sites for hydroxylation is 1. The molecule has 3 aromatic rings. The molecule has 0 fully saturated rings. The Kier molecular flexibility index (Phi) is 4.83. The molecule has 1 aromatic carbocycles. The predicted octanol–water partition coefficient (Wildman–Crippen LogP) is 2.34. The van der Waals surface area contributed by atoms with Crippen molar-refractivity contribution in [1.82, 2.24) is 19.6 Å². The Balaban J connectivity index is 1.72. The van der Waals surface area contributed by atoms with Crippen molar-refractivity contribution in [2.45, 2.75) is 13.8 Å². The maximum absolute atomic E-state index is 12.3. The summed E-state index contributed by atoms with van der Waals surface area (Å²) in [6.07, 6.45) is 3.22. The van der Waals surface area contributed by atoms with Crippen LogP contribution in [0.25, 0.3) is 5.69 Å². The average molecular weight is 353 g/mol. The van der Waals surface area contributed by atoms with Crippen molar-refractivity contribution < 1.29 is 14.3 Å². The zero-order valence-corrected chi connectivity index (χ0v) is 14.8. The highest BCUT2D eigenvalue weighted by Gasteiger charge is 2.13. The van der Waals surface area contributed by atoms with Crippen LogP contribution in [0.15, 0.2) is 42.7 Å². The smallest absolute Gasteiger partial charge is 0.358 e. The average Bonchev–Trinajstić information content (AvgIpc) is 3.24. The highest BCUT2D eigenvalue weighted by atomic mass is 16.5. The number of esters is 1. The number of hydrogen-bond donors (Lipinski definition) is 1. The Hall–Kier alpha value is -3.42. The van der Waals surface area contributed by atoms with Gasteiger partial charge in [0.25, 0.3) is 5.91 Å². The molecule has 1 N–H and O–H groups in total. The monoisotopic (exact) mass is 353 g/mol. The Morgan fingerprint density at radius 3 is 2.54 bits per heavy atom. The summed E-state index contributed by atoms with van der Waals surface area (Å²) in [5.41, 5.74) is 2.98. The fourth-order valence-electron chi connectivity index (χ4n) is 2.40. The molecule has 0 radical (unpaired) electrons. The Morgan fingerprint density at radius 1 is 1.19 bits per heavy atom. The van der Waals surface area contributed by atoms with Gasteiger partial charge in [-0.05, 0) is 44.2 Å². The van der Waals surface area contributed by atoms with Gasteiger partial charge < -0.3 is 10.1 Å². The van der Waals surface area contributed by atoms with E-state index in [4.69, 9.17) is 4.74 Å². The largest absolute Gasteiger partial charge is 0.461 e. The third-order valence-corrected chi connectivity index (χ3v) is 3.94. The number of hydrogen-bond acceptors (Lipinski definition) is 5. The molecule has 0 aliphatic heterocycles. The van der Waals surface area contributed by atoms with E-state index in [2.05, 4.69) is 15.5 Å². The number of amides is 1. The van der Waals surface area contributed by atoms with Crippen LogP contribution < -0.4 is 5.32 Å². The summed E-state index contributed by atoms with van der Waals surface area (Å²) in [5, 5.41) is 11.1. The molecular weight excluding hydrogens is 334 g/mol. The third-order valence-electron chi connectivity index (χ3n) is 3.94.